The van der Waals surface area contributed by atoms with Gasteiger partial charge < -0.3 is 4.90 Å². The molecule has 0 aromatic carbocycles. The van der Waals surface area contributed by atoms with Crippen molar-refractivity contribution in [2.45, 2.75) is 32.9 Å². The molecule has 3 heteroatoms. The van der Waals surface area contributed by atoms with Gasteiger partial charge in [0, 0.05) is 45.0 Å². The van der Waals surface area contributed by atoms with Gasteiger partial charge in [0.25, 0.3) is 0 Å². The highest BCUT2D eigenvalue weighted by Crippen LogP contribution is 2.33. The lowest BCUT2D eigenvalue weighted by Gasteiger charge is -2.25. The highest BCUT2D eigenvalue weighted by Gasteiger charge is 2.40. The van der Waals surface area contributed by atoms with Crippen molar-refractivity contribution in [1.82, 2.24) is 14.8 Å². The molecule has 0 bridgehead atoms. The summed E-state index contributed by atoms with van der Waals surface area (Å²) in [7, 11) is 0. The normalized spacial score (nSPS) is 29.6. The van der Waals surface area contributed by atoms with Crippen molar-refractivity contribution in [3.05, 3.63) is 30.1 Å². The predicted molar refractivity (Wildman–Crippen MR) is 77.8 cm³/mol. The van der Waals surface area contributed by atoms with Gasteiger partial charge in [-0.1, -0.05) is 13.0 Å². The van der Waals surface area contributed by atoms with E-state index in [0.29, 0.717) is 0 Å². The van der Waals surface area contributed by atoms with Gasteiger partial charge in [-0.25, -0.2) is 0 Å². The van der Waals surface area contributed by atoms with Gasteiger partial charge in [0.1, 0.15) is 0 Å². The summed E-state index contributed by atoms with van der Waals surface area (Å²) in [5.74, 6) is 1.77. The first-order valence-electron chi connectivity index (χ1n) is 7.62. The lowest BCUT2D eigenvalue weighted by Crippen LogP contribution is -2.34. The van der Waals surface area contributed by atoms with Crippen LogP contribution in [0.5, 0.6) is 0 Å². The predicted octanol–water partition coefficient (Wildman–Crippen LogP) is 2.24. The Morgan fingerprint density at radius 3 is 2.53 bits per heavy atom. The maximum absolute atomic E-state index is 4.44. The molecule has 2 saturated heterocycles. The molecule has 2 aliphatic rings. The molecule has 2 aliphatic heterocycles. The van der Waals surface area contributed by atoms with Gasteiger partial charge in [-0.15, -0.1) is 0 Å². The molecular formula is C16H25N3. The second-order valence-corrected chi connectivity index (χ2v) is 6.25. The Balaban J connectivity index is 1.54. The second kappa shape index (κ2) is 5.59. The van der Waals surface area contributed by atoms with Crippen LogP contribution < -0.4 is 0 Å². The molecule has 2 fully saturated rings. The molecule has 0 amide bonds. The first kappa shape index (κ1) is 13.1. The number of aromatic nitrogens is 1. The van der Waals surface area contributed by atoms with Gasteiger partial charge in [0.2, 0.25) is 0 Å². The Morgan fingerprint density at radius 1 is 1.21 bits per heavy atom. The monoisotopic (exact) mass is 259 g/mol. The molecule has 0 unspecified atom stereocenters. The number of pyridine rings is 1. The van der Waals surface area contributed by atoms with Crippen LogP contribution in [-0.2, 0) is 6.54 Å². The second-order valence-electron chi connectivity index (χ2n) is 6.25. The van der Waals surface area contributed by atoms with Crippen LogP contribution in [0.1, 0.15) is 26.0 Å². The number of hydrogen-bond acceptors (Lipinski definition) is 3. The summed E-state index contributed by atoms with van der Waals surface area (Å²) in [5, 5.41) is 0. The third kappa shape index (κ3) is 2.82. The molecule has 0 N–H and O–H groups in total. The van der Waals surface area contributed by atoms with Gasteiger partial charge in [0.05, 0.1) is 5.69 Å². The maximum atomic E-state index is 4.44. The van der Waals surface area contributed by atoms with E-state index in [0.717, 1.165) is 24.4 Å². The molecule has 3 atom stereocenters. The van der Waals surface area contributed by atoms with Gasteiger partial charge in [-0.3, -0.25) is 9.88 Å². The van der Waals surface area contributed by atoms with Crippen molar-refractivity contribution < 1.29 is 0 Å². The molecule has 0 aliphatic carbocycles. The fourth-order valence-electron chi connectivity index (χ4n) is 3.59. The lowest BCUT2D eigenvalue weighted by molar-refractivity contribution is 0.206. The van der Waals surface area contributed by atoms with E-state index in [4.69, 9.17) is 0 Å². The lowest BCUT2D eigenvalue weighted by atomic mass is 10.0. The molecule has 1 aromatic heterocycles. The van der Waals surface area contributed by atoms with Crippen LogP contribution in [-0.4, -0.2) is 47.0 Å². The van der Waals surface area contributed by atoms with E-state index in [1.54, 1.807) is 0 Å². The minimum atomic E-state index is 0.759. The number of fused-ring (bicyclic) bond motifs is 1. The van der Waals surface area contributed by atoms with Crippen molar-refractivity contribution in [3.63, 3.8) is 0 Å². The standard InChI is InChI=1S/C16H25N3/c1-3-13(2)19-10-14-8-18(9-15(14)11-19)12-16-6-4-5-7-17-16/h4-7,13-15H,3,8-12H2,1-2H3/t13-,14-,15+/m1/s1. The Bertz CT molecular complexity index is 392. The van der Waals surface area contributed by atoms with Crippen molar-refractivity contribution >= 4 is 0 Å². The number of nitrogens with zero attached hydrogens (tertiary/aromatic N) is 3. The minimum Gasteiger partial charge on any atom is -0.300 e. The van der Waals surface area contributed by atoms with E-state index < -0.39 is 0 Å². The van der Waals surface area contributed by atoms with Crippen molar-refractivity contribution in [3.8, 4) is 0 Å². The summed E-state index contributed by atoms with van der Waals surface area (Å²) in [4.78, 5) is 9.72. The smallest absolute Gasteiger partial charge is 0.0543 e. The first-order chi connectivity index (χ1) is 9.26. The summed E-state index contributed by atoms with van der Waals surface area (Å²) in [6.45, 7) is 10.8. The topological polar surface area (TPSA) is 19.4 Å². The summed E-state index contributed by atoms with van der Waals surface area (Å²) < 4.78 is 0. The Hall–Kier alpha value is -0.930. The van der Waals surface area contributed by atoms with Crippen LogP contribution in [0.4, 0.5) is 0 Å². The van der Waals surface area contributed by atoms with Gasteiger partial charge in [-0.2, -0.15) is 0 Å². The molecule has 0 radical (unpaired) electrons. The SMILES string of the molecule is CC[C@@H](C)N1C[C@H]2CN(Cc3ccccn3)C[C@H]2C1. The van der Waals surface area contributed by atoms with E-state index in [-0.39, 0.29) is 0 Å². The average Bonchev–Trinajstić information content (AvgIpc) is 2.97. The van der Waals surface area contributed by atoms with Gasteiger partial charge >= 0.3 is 0 Å². The fourth-order valence-corrected chi connectivity index (χ4v) is 3.59. The van der Waals surface area contributed by atoms with Crippen molar-refractivity contribution in [2.24, 2.45) is 11.8 Å². The Morgan fingerprint density at radius 2 is 1.95 bits per heavy atom. The van der Waals surface area contributed by atoms with Gasteiger partial charge in [0.15, 0.2) is 0 Å². The molecule has 3 nitrogen and oxygen atoms in total. The zero-order valence-corrected chi connectivity index (χ0v) is 12.1. The molecule has 104 valence electrons. The maximum Gasteiger partial charge on any atom is 0.0543 e. The summed E-state index contributed by atoms with van der Waals surface area (Å²) >= 11 is 0. The minimum absolute atomic E-state index is 0.759. The quantitative estimate of drug-likeness (QED) is 0.826. The molecule has 19 heavy (non-hydrogen) atoms. The number of rotatable bonds is 4. The van der Waals surface area contributed by atoms with E-state index in [9.17, 15) is 0 Å². The van der Waals surface area contributed by atoms with E-state index in [1.165, 1.54) is 38.3 Å². The van der Waals surface area contributed by atoms with E-state index in [1.807, 2.05) is 12.3 Å². The summed E-state index contributed by atoms with van der Waals surface area (Å²) in [6.07, 6.45) is 3.17. The highest BCUT2D eigenvalue weighted by molar-refractivity contribution is 5.04. The molecule has 1 aromatic rings. The molecule has 3 rings (SSSR count). The number of hydrogen-bond donors (Lipinski definition) is 0. The molecular weight excluding hydrogens is 234 g/mol. The molecule has 0 saturated carbocycles. The van der Waals surface area contributed by atoms with Crippen molar-refractivity contribution in [1.29, 1.82) is 0 Å². The van der Waals surface area contributed by atoms with Crippen LogP contribution in [0.25, 0.3) is 0 Å². The third-order valence-electron chi connectivity index (χ3n) is 4.92. The third-order valence-corrected chi connectivity index (χ3v) is 4.92. The zero-order valence-electron chi connectivity index (χ0n) is 12.1. The summed E-state index contributed by atoms with van der Waals surface area (Å²) in [6, 6.07) is 6.98. The number of likely N-dealkylation sites (tertiary alicyclic amines) is 2. The average molecular weight is 259 g/mol. The highest BCUT2D eigenvalue weighted by atomic mass is 15.2. The van der Waals surface area contributed by atoms with Crippen LogP contribution in [0, 0.1) is 11.8 Å². The van der Waals surface area contributed by atoms with Gasteiger partial charge in [-0.05, 0) is 37.3 Å². The van der Waals surface area contributed by atoms with Crippen LogP contribution in [0.2, 0.25) is 0 Å². The van der Waals surface area contributed by atoms with Crippen LogP contribution in [0.3, 0.4) is 0 Å². The molecule has 3 heterocycles. The zero-order chi connectivity index (χ0) is 13.2. The summed E-state index contributed by atoms with van der Waals surface area (Å²) in [5.41, 5.74) is 1.21. The van der Waals surface area contributed by atoms with E-state index in [2.05, 4.69) is 40.8 Å². The molecule has 0 spiro atoms. The Kier molecular flexibility index (Phi) is 3.85. The first-order valence-corrected chi connectivity index (χ1v) is 7.62. The fraction of sp³-hybridized carbons (Fsp3) is 0.688. The Labute approximate surface area is 116 Å². The van der Waals surface area contributed by atoms with Crippen LogP contribution in [0.15, 0.2) is 24.4 Å². The largest absolute Gasteiger partial charge is 0.300 e. The van der Waals surface area contributed by atoms with Crippen LogP contribution >= 0.6 is 0 Å². The van der Waals surface area contributed by atoms with E-state index >= 15 is 0 Å². The van der Waals surface area contributed by atoms with Crippen molar-refractivity contribution in [2.75, 3.05) is 26.2 Å².